The molecular formula is C15H20O3. The van der Waals surface area contributed by atoms with Crippen LogP contribution in [0, 0.1) is 24.2 Å². The van der Waals surface area contributed by atoms with Crippen molar-refractivity contribution in [1.29, 1.82) is 0 Å². The van der Waals surface area contributed by atoms with Crippen molar-refractivity contribution in [1.82, 2.24) is 0 Å². The van der Waals surface area contributed by atoms with Gasteiger partial charge in [-0.15, -0.1) is 0 Å². The summed E-state index contributed by atoms with van der Waals surface area (Å²) in [7, 11) is 0. The van der Waals surface area contributed by atoms with Crippen LogP contribution in [0.4, 0.5) is 0 Å². The first-order chi connectivity index (χ1) is 8.46. The fourth-order valence-electron chi connectivity index (χ4n) is 3.85. The van der Waals surface area contributed by atoms with E-state index in [9.17, 15) is 9.90 Å². The molecule has 4 atom stereocenters. The molecule has 2 aliphatic carbocycles. The fraction of sp³-hybridized carbons (Fsp3) is 0.667. The van der Waals surface area contributed by atoms with Crippen LogP contribution < -0.4 is 0 Å². The van der Waals surface area contributed by atoms with Crippen LogP contribution in [0.1, 0.15) is 48.4 Å². The monoisotopic (exact) mass is 248 g/mol. The molecule has 98 valence electrons. The zero-order valence-electron chi connectivity index (χ0n) is 11.2. The molecule has 3 heteroatoms. The Balaban J connectivity index is 2.15. The quantitative estimate of drug-likeness (QED) is 0.768. The third kappa shape index (κ3) is 1.31. The highest BCUT2D eigenvalue weighted by Crippen LogP contribution is 2.52. The minimum atomic E-state index is -0.431. The first-order valence-electron chi connectivity index (χ1n) is 6.76. The normalized spacial score (nSPS) is 39.3. The predicted molar refractivity (Wildman–Crippen MR) is 67.5 cm³/mol. The summed E-state index contributed by atoms with van der Waals surface area (Å²) in [5.41, 5.74) is 1.27. The molecule has 0 saturated heterocycles. The molecule has 0 aliphatic heterocycles. The molecular weight excluding hydrogens is 228 g/mol. The van der Waals surface area contributed by atoms with E-state index in [1.54, 1.807) is 6.26 Å². The largest absolute Gasteiger partial charge is 0.468 e. The lowest BCUT2D eigenvalue weighted by Gasteiger charge is -2.49. The first kappa shape index (κ1) is 12.0. The van der Waals surface area contributed by atoms with E-state index in [1.165, 1.54) is 0 Å². The van der Waals surface area contributed by atoms with E-state index in [-0.39, 0.29) is 17.8 Å². The van der Waals surface area contributed by atoms with Gasteiger partial charge in [-0.3, -0.25) is 4.79 Å². The number of furan rings is 1. The number of rotatable bonds is 0. The van der Waals surface area contributed by atoms with Gasteiger partial charge in [0.1, 0.15) is 5.76 Å². The Morgan fingerprint density at radius 1 is 1.44 bits per heavy atom. The summed E-state index contributed by atoms with van der Waals surface area (Å²) in [5.74, 6) is 1.27. The standard InChI is InChI=1S/C15H20O3/c1-8-7-18-12-6-10-11(16)5-4-9(2)15(10,3)14(17)13(8)12/h7,9-11,16H,4-6H2,1-3H3. The molecule has 0 spiro atoms. The van der Waals surface area contributed by atoms with Crippen molar-refractivity contribution in [3.8, 4) is 0 Å². The van der Waals surface area contributed by atoms with Crippen LogP contribution in [-0.2, 0) is 6.42 Å². The number of carbonyl (C=O) groups excluding carboxylic acids is 1. The van der Waals surface area contributed by atoms with Gasteiger partial charge in [0.05, 0.1) is 17.9 Å². The van der Waals surface area contributed by atoms with Gasteiger partial charge in [0, 0.05) is 17.8 Å². The van der Waals surface area contributed by atoms with Gasteiger partial charge in [-0.1, -0.05) is 13.8 Å². The molecule has 0 bridgehead atoms. The minimum Gasteiger partial charge on any atom is -0.468 e. The van der Waals surface area contributed by atoms with Crippen molar-refractivity contribution in [2.45, 2.75) is 46.1 Å². The van der Waals surface area contributed by atoms with Crippen LogP contribution in [0.25, 0.3) is 0 Å². The summed E-state index contributed by atoms with van der Waals surface area (Å²) >= 11 is 0. The second-order valence-corrected chi connectivity index (χ2v) is 6.19. The molecule has 0 aromatic carbocycles. The van der Waals surface area contributed by atoms with Gasteiger partial charge in [-0.05, 0) is 31.2 Å². The average Bonchev–Trinajstić information content (AvgIpc) is 2.70. The van der Waals surface area contributed by atoms with Crippen LogP contribution >= 0.6 is 0 Å². The van der Waals surface area contributed by atoms with E-state index < -0.39 is 5.41 Å². The lowest BCUT2D eigenvalue weighted by molar-refractivity contribution is -0.0414. The lowest BCUT2D eigenvalue weighted by Crippen LogP contribution is -2.53. The Hall–Kier alpha value is -1.09. The van der Waals surface area contributed by atoms with Crippen LogP contribution in [0.3, 0.4) is 0 Å². The highest BCUT2D eigenvalue weighted by molar-refractivity contribution is 6.03. The maximum atomic E-state index is 12.8. The number of aryl methyl sites for hydroxylation is 1. The average molecular weight is 248 g/mol. The number of hydrogen-bond acceptors (Lipinski definition) is 3. The van der Waals surface area contributed by atoms with Crippen molar-refractivity contribution in [3.05, 3.63) is 23.2 Å². The molecule has 0 radical (unpaired) electrons. The number of aliphatic hydroxyl groups is 1. The lowest BCUT2D eigenvalue weighted by atomic mass is 9.54. The van der Waals surface area contributed by atoms with E-state index in [0.717, 1.165) is 29.7 Å². The summed E-state index contributed by atoms with van der Waals surface area (Å²) in [4.78, 5) is 12.8. The minimum absolute atomic E-state index is 0.00630. The van der Waals surface area contributed by atoms with Crippen LogP contribution in [0.2, 0.25) is 0 Å². The summed E-state index contributed by atoms with van der Waals surface area (Å²) in [5, 5.41) is 10.2. The SMILES string of the molecule is Cc1coc2c1C(=O)C1(C)C(C)CCC(O)C1C2. The van der Waals surface area contributed by atoms with Crippen molar-refractivity contribution in [3.63, 3.8) is 0 Å². The second kappa shape index (κ2) is 3.70. The van der Waals surface area contributed by atoms with Gasteiger partial charge < -0.3 is 9.52 Å². The van der Waals surface area contributed by atoms with Crippen molar-refractivity contribution >= 4 is 5.78 Å². The Morgan fingerprint density at radius 2 is 2.17 bits per heavy atom. The third-order valence-electron chi connectivity index (χ3n) is 5.33. The Bertz CT molecular complexity index is 502. The molecule has 3 rings (SSSR count). The fourth-order valence-corrected chi connectivity index (χ4v) is 3.85. The molecule has 1 aromatic heterocycles. The van der Waals surface area contributed by atoms with Gasteiger partial charge in [-0.25, -0.2) is 0 Å². The molecule has 3 nitrogen and oxygen atoms in total. The number of ketones is 1. The Morgan fingerprint density at radius 3 is 2.89 bits per heavy atom. The summed E-state index contributed by atoms with van der Waals surface area (Å²) < 4.78 is 5.50. The highest BCUT2D eigenvalue weighted by Gasteiger charge is 2.55. The second-order valence-electron chi connectivity index (χ2n) is 6.19. The molecule has 1 N–H and O–H groups in total. The van der Waals surface area contributed by atoms with Gasteiger partial charge in [0.15, 0.2) is 5.78 Å². The molecule has 2 aliphatic rings. The van der Waals surface area contributed by atoms with Gasteiger partial charge in [0.25, 0.3) is 0 Å². The van der Waals surface area contributed by atoms with E-state index in [4.69, 9.17) is 4.42 Å². The number of carbonyl (C=O) groups is 1. The predicted octanol–water partition coefficient (Wildman–Crippen LogP) is 2.74. The van der Waals surface area contributed by atoms with Crippen LogP contribution in [0.15, 0.2) is 10.7 Å². The van der Waals surface area contributed by atoms with Crippen LogP contribution in [0.5, 0.6) is 0 Å². The number of aliphatic hydroxyl groups excluding tert-OH is 1. The topological polar surface area (TPSA) is 50.4 Å². The third-order valence-corrected chi connectivity index (χ3v) is 5.33. The number of hydrogen-bond donors (Lipinski definition) is 1. The van der Waals surface area contributed by atoms with E-state index >= 15 is 0 Å². The molecule has 4 unspecified atom stereocenters. The molecule has 0 amide bonds. The van der Waals surface area contributed by atoms with Gasteiger partial charge in [0.2, 0.25) is 0 Å². The molecule has 1 saturated carbocycles. The summed E-state index contributed by atoms with van der Waals surface area (Å²) in [6.45, 7) is 6.09. The number of Topliss-reactive ketones (excluding diaryl/α,β-unsaturated/α-hetero) is 1. The van der Waals surface area contributed by atoms with Crippen molar-refractivity contribution in [2.75, 3.05) is 0 Å². The van der Waals surface area contributed by atoms with E-state index in [0.29, 0.717) is 12.3 Å². The van der Waals surface area contributed by atoms with E-state index in [1.807, 2.05) is 13.8 Å². The Labute approximate surface area is 107 Å². The smallest absolute Gasteiger partial charge is 0.173 e. The first-order valence-corrected chi connectivity index (χ1v) is 6.76. The maximum Gasteiger partial charge on any atom is 0.173 e. The molecule has 1 heterocycles. The summed E-state index contributed by atoms with van der Waals surface area (Å²) in [6.07, 6.45) is 3.70. The zero-order valence-corrected chi connectivity index (χ0v) is 11.2. The summed E-state index contributed by atoms with van der Waals surface area (Å²) in [6, 6.07) is 0. The molecule has 1 fully saturated rings. The molecule has 1 aromatic rings. The Kier molecular flexibility index (Phi) is 2.46. The van der Waals surface area contributed by atoms with Crippen molar-refractivity contribution in [2.24, 2.45) is 17.3 Å². The maximum absolute atomic E-state index is 12.8. The van der Waals surface area contributed by atoms with E-state index in [2.05, 4.69) is 6.92 Å². The van der Waals surface area contributed by atoms with Gasteiger partial charge in [-0.2, -0.15) is 0 Å². The van der Waals surface area contributed by atoms with Crippen molar-refractivity contribution < 1.29 is 14.3 Å². The van der Waals surface area contributed by atoms with Gasteiger partial charge >= 0.3 is 0 Å². The highest BCUT2D eigenvalue weighted by atomic mass is 16.3. The molecule has 18 heavy (non-hydrogen) atoms. The number of fused-ring (bicyclic) bond motifs is 2. The van der Waals surface area contributed by atoms with Crippen LogP contribution in [-0.4, -0.2) is 17.0 Å². The zero-order chi connectivity index (χ0) is 13.1.